The number of aliphatic imine (C=N–C) groups is 1. The minimum atomic E-state index is 0. The summed E-state index contributed by atoms with van der Waals surface area (Å²) in [6, 6.07) is 0.568. The summed E-state index contributed by atoms with van der Waals surface area (Å²) >= 11 is 0. The highest BCUT2D eigenvalue weighted by molar-refractivity contribution is 14.0. The van der Waals surface area contributed by atoms with Crippen LogP contribution in [0, 0.1) is 11.8 Å². The number of guanidine groups is 1. The van der Waals surface area contributed by atoms with E-state index in [9.17, 15) is 0 Å². The number of morpholine rings is 1. The molecule has 0 amide bonds. The lowest BCUT2D eigenvalue weighted by atomic mass is 9.92. The van der Waals surface area contributed by atoms with Crippen LogP contribution in [0.15, 0.2) is 4.99 Å². The van der Waals surface area contributed by atoms with Crippen LogP contribution in [0.5, 0.6) is 0 Å². The summed E-state index contributed by atoms with van der Waals surface area (Å²) in [5, 5.41) is 7.02. The monoisotopic (exact) mass is 438 g/mol. The van der Waals surface area contributed by atoms with Crippen molar-refractivity contribution in [3.63, 3.8) is 0 Å². The Morgan fingerprint density at radius 1 is 1.17 bits per heavy atom. The molecule has 1 aliphatic carbocycles. The maximum absolute atomic E-state index is 5.52. The third-order valence-corrected chi connectivity index (χ3v) is 5.06. The van der Waals surface area contributed by atoms with Crippen LogP contribution in [0.3, 0.4) is 0 Å². The van der Waals surface area contributed by atoms with Crippen molar-refractivity contribution in [3.05, 3.63) is 0 Å². The van der Waals surface area contributed by atoms with E-state index in [4.69, 9.17) is 4.74 Å². The SMILES string of the molecule is CCC(CC)C(CNC(=NC)NCC1CC1)N1CCOCC1.I. The molecule has 1 aliphatic heterocycles. The normalized spacial score (nSPS) is 21.0. The number of nitrogens with zero attached hydrogens (tertiary/aromatic N) is 2. The predicted octanol–water partition coefficient (Wildman–Crippen LogP) is 2.32. The number of halogens is 1. The van der Waals surface area contributed by atoms with E-state index in [0.29, 0.717) is 6.04 Å². The zero-order chi connectivity index (χ0) is 15.8. The Morgan fingerprint density at radius 3 is 2.35 bits per heavy atom. The Hall–Kier alpha value is -0.0800. The van der Waals surface area contributed by atoms with Crippen molar-refractivity contribution in [2.75, 3.05) is 46.4 Å². The van der Waals surface area contributed by atoms with Gasteiger partial charge in [0.05, 0.1) is 13.2 Å². The van der Waals surface area contributed by atoms with Crippen LogP contribution in [0.4, 0.5) is 0 Å². The second-order valence-electron chi connectivity index (χ2n) is 6.57. The average molecular weight is 438 g/mol. The Balaban J connectivity index is 0.00000264. The van der Waals surface area contributed by atoms with Gasteiger partial charge in [0.1, 0.15) is 0 Å². The first kappa shape index (κ1) is 21.0. The second-order valence-corrected chi connectivity index (χ2v) is 6.57. The molecular weight excluding hydrogens is 403 g/mol. The zero-order valence-electron chi connectivity index (χ0n) is 15.0. The van der Waals surface area contributed by atoms with Crippen LogP contribution < -0.4 is 10.6 Å². The Labute approximate surface area is 159 Å². The van der Waals surface area contributed by atoms with Crippen molar-refractivity contribution in [1.82, 2.24) is 15.5 Å². The van der Waals surface area contributed by atoms with E-state index in [0.717, 1.165) is 57.2 Å². The smallest absolute Gasteiger partial charge is 0.191 e. The van der Waals surface area contributed by atoms with Crippen LogP contribution >= 0.6 is 24.0 Å². The standard InChI is InChI=1S/C17H34N4O.HI/c1-4-15(5-2)16(21-8-10-22-11-9-21)13-20-17(18-3)19-12-14-6-7-14;/h14-16H,4-13H2,1-3H3,(H2,18,19,20);1H. The Kier molecular flexibility index (Phi) is 10.5. The van der Waals surface area contributed by atoms with Gasteiger partial charge in [0.2, 0.25) is 0 Å². The number of rotatable bonds is 8. The molecule has 0 aromatic carbocycles. The van der Waals surface area contributed by atoms with Gasteiger partial charge in [-0.2, -0.15) is 0 Å². The molecule has 0 radical (unpaired) electrons. The molecule has 5 nitrogen and oxygen atoms in total. The van der Waals surface area contributed by atoms with Crippen molar-refractivity contribution in [2.24, 2.45) is 16.8 Å². The molecule has 1 heterocycles. The third-order valence-electron chi connectivity index (χ3n) is 5.06. The van der Waals surface area contributed by atoms with E-state index in [2.05, 4.69) is 34.4 Å². The maximum Gasteiger partial charge on any atom is 0.191 e. The molecule has 1 unspecified atom stereocenters. The zero-order valence-corrected chi connectivity index (χ0v) is 17.3. The van der Waals surface area contributed by atoms with Crippen molar-refractivity contribution >= 4 is 29.9 Å². The fraction of sp³-hybridized carbons (Fsp3) is 0.941. The molecule has 0 aromatic rings. The number of hydrogen-bond acceptors (Lipinski definition) is 3. The molecule has 2 rings (SSSR count). The lowest BCUT2D eigenvalue weighted by Crippen LogP contribution is -2.53. The first-order valence-electron chi connectivity index (χ1n) is 9.04. The van der Waals surface area contributed by atoms with Gasteiger partial charge in [-0.15, -0.1) is 24.0 Å². The number of nitrogens with one attached hydrogen (secondary N) is 2. The van der Waals surface area contributed by atoms with Gasteiger partial charge in [0, 0.05) is 39.3 Å². The van der Waals surface area contributed by atoms with Crippen LogP contribution in [0.2, 0.25) is 0 Å². The summed E-state index contributed by atoms with van der Waals surface area (Å²) in [6.45, 7) is 10.5. The van der Waals surface area contributed by atoms with Crippen LogP contribution in [-0.2, 0) is 4.74 Å². The summed E-state index contributed by atoms with van der Waals surface area (Å²) in [4.78, 5) is 6.97. The molecule has 2 N–H and O–H groups in total. The van der Waals surface area contributed by atoms with Crippen molar-refractivity contribution in [3.8, 4) is 0 Å². The molecule has 1 saturated carbocycles. The topological polar surface area (TPSA) is 48.9 Å². The summed E-state index contributed by atoms with van der Waals surface area (Å²) in [5.41, 5.74) is 0. The highest BCUT2D eigenvalue weighted by Gasteiger charge is 2.27. The molecule has 136 valence electrons. The molecule has 0 spiro atoms. The Morgan fingerprint density at radius 2 is 1.83 bits per heavy atom. The minimum Gasteiger partial charge on any atom is -0.379 e. The van der Waals surface area contributed by atoms with Crippen LogP contribution in [0.1, 0.15) is 39.5 Å². The minimum absolute atomic E-state index is 0. The van der Waals surface area contributed by atoms with E-state index >= 15 is 0 Å². The van der Waals surface area contributed by atoms with Crippen molar-refractivity contribution in [1.29, 1.82) is 0 Å². The quantitative estimate of drug-likeness (QED) is 0.347. The van der Waals surface area contributed by atoms with Gasteiger partial charge in [-0.1, -0.05) is 26.7 Å². The molecular formula is C17H35IN4O. The summed E-state index contributed by atoms with van der Waals surface area (Å²) in [5.74, 6) is 2.55. The number of hydrogen-bond donors (Lipinski definition) is 2. The Bertz CT molecular complexity index is 339. The van der Waals surface area contributed by atoms with E-state index in [-0.39, 0.29) is 24.0 Å². The molecule has 0 aromatic heterocycles. The van der Waals surface area contributed by atoms with E-state index in [1.807, 2.05) is 7.05 Å². The highest BCUT2D eigenvalue weighted by atomic mass is 127. The predicted molar refractivity (Wildman–Crippen MR) is 108 cm³/mol. The molecule has 1 saturated heterocycles. The molecule has 23 heavy (non-hydrogen) atoms. The van der Waals surface area contributed by atoms with Gasteiger partial charge in [-0.3, -0.25) is 9.89 Å². The largest absolute Gasteiger partial charge is 0.379 e. The van der Waals surface area contributed by atoms with Crippen LogP contribution in [-0.4, -0.2) is 63.3 Å². The first-order chi connectivity index (χ1) is 10.8. The van der Waals surface area contributed by atoms with E-state index < -0.39 is 0 Å². The molecule has 1 atom stereocenters. The van der Waals surface area contributed by atoms with Crippen molar-refractivity contribution in [2.45, 2.75) is 45.6 Å². The average Bonchev–Trinajstić information content (AvgIpc) is 3.39. The lowest BCUT2D eigenvalue weighted by Gasteiger charge is -2.39. The van der Waals surface area contributed by atoms with E-state index in [1.165, 1.54) is 25.7 Å². The second kappa shape index (κ2) is 11.5. The van der Waals surface area contributed by atoms with Gasteiger partial charge in [-0.25, -0.2) is 0 Å². The summed E-state index contributed by atoms with van der Waals surface area (Å²) in [6.07, 6.45) is 5.20. The van der Waals surface area contributed by atoms with Gasteiger partial charge in [0.15, 0.2) is 5.96 Å². The molecule has 2 fully saturated rings. The van der Waals surface area contributed by atoms with Gasteiger partial charge in [-0.05, 0) is 24.7 Å². The third kappa shape index (κ3) is 7.13. The van der Waals surface area contributed by atoms with Gasteiger partial charge in [0.25, 0.3) is 0 Å². The van der Waals surface area contributed by atoms with E-state index in [1.54, 1.807) is 0 Å². The van der Waals surface area contributed by atoms with Crippen molar-refractivity contribution < 1.29 is 4.74 Å². The lowest BCUT2D eigenvalue weighted by molar-refractivity contribution is 0.00272. The first-order valence-corrected chi connectivity index (χ1v) is 9.04. The summed E-state index contributed by atoms with van der Waals surface area (Å²) in [7, 11) is 1.86. The molecule has 0 bridgehead atoms. The maximum atomic E-state index is 5.52. The highest BCUT2D eigenvalue weighted by Crippen LogP contribution is 2.27. The summed E-state index contributed by atoms with van der Waals surface area (Å²) < 4.78 is 5.52. The molecule has 6 heteroatoms. The molecule has 2 aliphatic rings. The number of ether oxygens (including phenoxy) is 1. The van der Waals surface area contributed by atoms with Crippen LogP contribution in [0.25, 0.3) is 0 Å². The fourth-order valence-electron chi connectivity index (χ4n) is 3.32. The van der Waals surface area contributed by atoms with Gasteiger partial charge < -0.3 is 15.4 Å². The fourth-order valence-corrected chi connectivity index (χ4v) is 3.32. The van der Waals surface area contributed by atoms with Gasteiger partial charge >= 0.3 is 0 Å².